The van der Waals surface area contributed by atoms with Crippen molar-refractivity contribution < 1.29 is 0 Å². The topological polar surface area (TPSA) is 42.1 Å². The van der Waals surface area contributed by atoms with Gasteiger partial charge < -0.3 is 5.73 Å². The number of hydrogen-bond acceptors (Lipinski definition) is 3. The fourth-order valence-corrected chi connectivity index (χ4v) is 3.45. The number of nitrogens with two attached hydrogens (primary N) is 1. The lowest BCUT2D eigenvalue weighted by Crippen LogP contribution is -2.22. The molecule has 1 aromatic heterocycles. The molecule has 1 aromatic rings. The van der Waals surface area contributed by atoms with Crippen LogP contribution in [0.4, 0.5) is 5.82 Å². The van der Waals surface area contributed by atoms with Crippen LogP contribution in [0.1, 0.15) is 25.0 Å². The van der Waals surface area contributed by atoms with Gasteiger partial charge in [-0.2, -0.15) is 0 Å². The van der Waals surface area contributed by atoms with Crippen LogP contribution in [0, 0.1) is 11.8 Å². The van der Waals surface area contributed by atoms with Crippen molar-refractivity contribution in [2.75, 3.05) is 18.8 Å². The molecule has 3 nitrogen and oxygen atoms in total. The highest BCUT2D eigenvalue weighted by atomic mass is 35.5. The molecule has 2 N–H and O–H groups in total. The zero-order valence-electron chi connectivity index (χ0n) is 9.90. The van der Waals surface area contributed by atoms with Crippen LogP contribution in [0.3, 0.4) is 0 Å². The highest BCUT2D eigenvalue weighted by Gasteiger charge is 2.36. The van der Waals surface area contributed by atoms with Crippen LogP contribution in [0.25, 0.3) is 0 Å². The van der Waals surface area contributed by atoms with Crippen LogP contribution in [0.5, 0.6) is 0 Å². The van der Waals surface area contributed by atoms with E-state index in [0.717, 1.165) is 29.1 Å². The normalized spacial score (nSPS) is 28.5. The van der Waals surface area contributed by atoms with Gasteiger partial charge in [-0.15, -0.1) is 0 Å². The number of anilines is 1. The standard InChI is InChI=1S/C13H18ClN3/c14-11-4-5-13(15)16-12(11)8-17-6-9-2-1-3-10(9)7-17/h4-5,9-10H,1-3,6-8H2,(H2,15,16). The van der Waals surface area contributed by atoms with Crippen LogP contribution in [0.2, 0.25) is 5.02 Å². The van der Waals surface area contributed by atoms with E-state index in [9.17, 15) is 0 Å². The summed E-state index contributed by atoms with van der Waals surface area (Å²) in [6.45, 7) is 3.26. The molecule has 17 heavy (non-hydrogen) atoms. The molecule has 92 valence electrons. The Morgan fingerprint density at radius 2 is 2.00 bits per heavy atom. The monoisotopic (exact) mass is 251 g/mol. The van der Waals surface area contributed by atoms with Gasteiger partial charge in [-0.25, -0.2) is 4.98 Å². The summed E-state index contributed by atoms with van der Waals surface area (Å²) in [5.74, 6) is 2.38. The maximum atomic E-state index is 6.15. The third kappa shape index (κ3) is 2.26. The SMILES string of the molecule is Nc1ccc(Cl)c(CN2CC3CCCC3C2)n1. The van der Waals surface area contributed by atoms with Gasteiger partial charge in [0.2, 0.25) is 0 Å². The van der Waals surface area contributed by atoms with Gasteiger partial charge >= 0.3 is 0 Å². The van der Waals surface area contributed by atoms with Gasteiger partial charge in [-0.1, -0.05) is 18.0 Å². The van der Waals surface area contributed by atoms with Gasteiger partial charge in [-0.05, 0) is 36.8 Å². The third-order valence-corrected chi connectivity index (χ3v) is 4.46. The number of fused-ring (bicyclic) bond motifs is 1. The summed E-state index contributed by atoms with van der Waals surface area (Å²) in [6, 6.07) is 3.60. The first kappa shape index (κ1) is 11.3. The highest BCUT2D eigenvalue weighted by molar-refractivity contribution is 6.31. The number of rotatable bonds is 2. The Hall–Kier alpha value is -0.800. The zero-order valence-corrected chi connectivity index (χ0v) is 10.7. The van der Waals surface area contributed by atoms with E-state index in [0.29, 0.717) is 5.82 Å². The molecule has 0 spiro atoms. The largest absolute Gasteiger partial charge is 0.384 e. The minimum Gasteiger partial charge on any atom is -0.384 e. The molecule has 0 aromatic carbocycles. The highest BCUT2D eigenvalue weighted by Crippen LogP contribution is 2.38. The average Bonchev–Trinajstić information content (AvgIpc) is 2.83. The second-order valence-electron chi connectivity index (χ2n) is 5.31. The number of nitrogen functional groups attached to an aromatic ring is 1. The smallest absolute Gasteiger partial charge is 0.123 e. The minimum absolute atomic E-state index is 0.559. The van der Waals surface area contributed by atoms with Crippen molar-refractivity contribution in [2.45, 2.75) is 25.8 Å². The van der Waals surface area contributed by atoms with E-state index in [2.05, 4.69) is 9.88 Å². The molecule has 1 saturated heterocycles. The van der Waals surface area contributed by atoms with Crippen molar-refractivity contribution in [2.24, 2.45) is 11.8 Å². The minimum atomic E-state index is 0.559. The number of halogens is 1. The third-order valence-electron chi connectivity index (χ3n) is 4.12. The number of hydrogen-bond donors (Lipinski definition) is 1. The zero-order chi connectivity index (χ0) is 11.8. The lowest BCUT2D eigenvalue weighted by molar-refractivity contribution is 0.300. The summed E-state index contributed by atoms with van der Waals surface area (Å²) in [5, 5.41) is 0.733. The van der Waals surface area contributed by atoms with E-state index in [1.165, 1.54) is 32.4 Å². The van der Waals surface area contributed by atoms with E-state index in [4.69, 9.17) is 17.3 Å². The molecule has 2 atom stereocenters. The van der Waals surface area contributed by atoms with Gasteiger partial charge in [0.1, 0.15) is 5.82 Å². The van der Waals surface area contributed by atoms with Crippen molar-refractivity contribution >= 4 is 17.4 Å². The van der Waals surface area contributed by atoms with Crippen molar-refractivity contribution in [3.63, 3.8) is 0 Å². The van der Waals surface area contributed by atoms with Crippen molar-refractivity contribution in [1.82, 2.24) is 9.88 Å². The molecule has 2 aliphatic rings. The maximum absolute atomic E-state index is 6.15. The molecule has 2 heterocycles. The number of likely N-dealkylation sites (tertiary alicyclic amines) is 1. The first-order chi connectivity index (χ1) is 8.22. The molecular weight excluding hydrogens is 234 g/mol. The van der Waals surface area contributed by atoms with Gasteiger partial charge in [0.05, 0.1) is 10.7 Å². The van der Waals surface area contributed by atoms with Crippen molar-refractivity contribution in [1.29, 1.82) is 0 Å². The summed E-state index contributed by atoms with van der Waals surface area (Å²) in [5.41, 5.74) is 6.63. The van der Waals surface area contributed by atoms with Crippen molar-refractivity contribution in [3.8, 4) is 0 Å². The Kier molecular flexibility index (Phi) is 2.97. The summed E-state index contributed by atoms with van der Waals surface area (Å²) in [7, 11) is 0. The van der Waals surface area contributed by atoms with Crippen LogP contribution >= 0.6 is 11.6 Å². The molecule has 1 aliphatic carbocycles. The quantitative estimate of drug-likeness (QED) is 0.879. The molecule has 1 aliphatic heterocycles. The molecule has 1 saturated carbocycles. The molecule has 0 radical (unpaired) electrons. The van der Waals surface area contributed by atoms with Crippen LogP contribution in [0.15, 0.2) is 12.1 Å². The molecule has 2 unspecified atom stereocenters. The predicted molar refractivity (Wildman–Crippen MR) is 69.8 cm³/mol. The fourth-order valence-electron chi connectivity index (χ4n) is 3.29. The second-order valence-corrected chi connectivity index (χ2v) is 5.72. The number of nitrogens with zero attached hydrogens (tertiary/aromatic N) is 2. The van der Waals surface area contributed by atoms with Gasteiger partial charge in [0, 0.05) is 19.6 Å². The second kappa shape index (κ2) is 4.46. The van der Waals surface area contributed by atoms with Crippen LogP contribution in [-0.2, 0) is 6.54 Å². The first-order valence-electron chi connectivity index (χ1n) is 6.35. The Balaban J connectivity index is 1.69. The van der Waals surface area contributed by atoms with Gasteiger partial charge in [0.15, 0.2) is 0 Å². The number of pyridine rings is 1. The average molecular weight is 252 g/mol. The molecule has 4 heteroatoms. The Morgan fingerprint density at radius 1 is 1.29 bits per heavy atom. The van der Waals surface area contributed by atoms with Crippen LogP contribution < -0.4 is 5.73 Å². The molecular formula is C13H18ClN3. The lowest BCUT2D eigenvalue weighted by atomic mass is 10.0. The van der Waals surface area contributed by atoms with E-state index in [1.807, 2.05) is 6.07 Å². The van der Waals surface area contributed by atoms with E-state index < -0.39 is 0 Å². The van der Waals surface area contributed by atoms with E-state index in [-0.39, 0.29) is 0 Å². The summed E-state index contributed by atoms with van der Waals surface area (Å²) >= 11 is 6.15. The number of aromatic nitrogens is 1. The lowest BCUT2D eigenvalue weighted by Gasteiger charge is -2.17. The summed E-state index contributed by atoms with van der Waals surface area (Å²) < 4.78 is 0. The van der Waals surface area contributed by atoms with Gasteiger partial charge in [-0.3, -0.25) is 4.90 Å². The summed E-state index contributed by atoms with van der Waals surface area (Å²) in [6.07, 6.45) is 4.22. The molecule has 0 bridgehead atoms. The van der Waals surface area contributed by atoms with Gasteiger partial charge in [0.25, 0.3) is 0 Å². The van der Waals surface area contributed by atoms with Crippen LogP contribution in [-0.4, -0.2) is 23.0 Å². The van der Waals surface area contributed by atoms with Crippen molar-refractivity contribution in [3.05, 3.63) is 22.8 Å². The Morgan fingerprint density at radius 3 is 2.71 bits per heavy atom. The Bertz CT molecular complexity index is 409. The summed E-state index contributed by atoms with van der Waals surface area (Å²) in [4.78, 5) is 6.81. The molecule has 2 fully saturated rings. The molecule has 3 rings (SSSR count). The first-order valence-corrected chi connectivity index (χ1v) is 6.73. The van der Waals surface area contributed by atoms with E-state index in [1.54, 1.807) is 6.07 Å². The Labute approximate surface area is 107 Å². The predicted octanol–water partition coefficient (Wildman–Crippen LogP) is 2.55. The maximum Gasteiger partial charge on any atom is 0.123 e. The fraction of sp³-hybridized carbons (Fsp3) is 0.615. The van der Waals surface area contributed by atoms with E-state index >= 15 is 0 Å². The molecule has 0 amide bonds.